The Bertz CT molecular complexity index is 1990. The SMILES string of the molecule is COc1cc(C(=O)N2CC3CCC2C3N)cc2nc(-c3cc4ccccc4n3CC3CC3)n(CC3CN(C(=O)c4ccsc4)C3)c12. The minimum Gasteiger partial charge on any atom is -0.494 e. The molecular weight excluding hydrogens is 597 g/mol. The van der Waals surface area contributed by atoms with E-state index in [2.05, 4.69) is 39.5 Å². The molecule has 2 saturated carbocycles. The molecule has 4 fully saturated rings. The molecule has 3 unspecified atom stereocenters. The van der Waals surface area contributed by atoms with E-state index >= 15 is 0 Å². The molecule has 3 atom stereocenters. The van der Waals surface area contributed by atoms with Crippen molar-refractivity contribution in [2.24, 2.45) is 23.5 Å². The monoisotopic (exact) mass is 634 g/mol. The topological polar surface area (TPSA) is 98.6 Å². The van der Waals surface area contributed by atoms with Gasteiger partial charge in [-0.3, -0.25) is 9.59 Å². The molecule has 3 aromatic heterocycles. The van der Waals surface area contributed by atoms with Crippen LogP contribution in [0.15, 0.2) is 59.3 Å². The molecule has 2 bridgehead atoms. The molecule has 4 aliphatic rings. The normalized spacial score (nSPS) is 22.7. The van der Waals surface area contributed by atoms with E-state index in [-0.39, 0.29) is 29.8 Å². The van der Waals surface area contributed by atoms with Gasteiger partial charge in [-0.25, -0.2) is 4.98 Å². The van der Waals surface area contributed by atoms with Crippen molar-refractivity contribution in [3.63, 3.8) is 0 Å². The fourth-order valence-corrected chi connectivity index (χ4v) is 8.79. The zero-order valence-corrected chi connectivity index (χ0v) is 26.8. The zero-order valence-electron chi connectivity index (χ0n) is 26.0. The Hall–Kier alpha value is -4.15. The predicted octanol–water partition coefficient (Wildman–Crippen LogP) is 5.47. The highest BCUT2D eigenvalue weighted by Gasteiger charge is 2.47. The third kappa shape index (κ3) is 4.48. The highest BCUT2D eigenvalue weighted by Crippen LogP contribution is 2.41. The second-order valence-electron chi connectivity index (χ2n) is 13.8. The molecule has 2 amide bonds. The third-order valence-corrected chi connectivity index (χ3v) is 11.5. The molecule has 2 saturated heterocycles. The van der Waals surface area contributed by atoms with Crippen LogP contribution in [0.4, 0.5) is 0 Å². The first-order chi connectivity index (χ1) is 22.5. The van der Waals surface area contributed by atoms with E-state index < -0.39 is 0 Å². The van der Waals surface area contributed by atoms with Crippen molar-refractivity contribution in [2.45, 2.75) is 50.9 Å². The fraction of sp³-hybridized carbons (Fsp3) is 0.417. The quantitative estimate of drug-likeness (QED) is 0.244. The fourth-order valence-electron chi connectivity index (χ4n) is 8.16. The van der Waals surface area contributed by atoms with Crippen molar-refractivity contribution in [2.75, 3.05) is 26.7 Å². The Morgan fingerprint density at radius 2 is 1.76 bits per heavy atom. The maximum absolute atomic E-state index is 13.9. The number of nitrogens with zero attached hydrogens (tertiary/aromatic N) is 5. The lowest BCUT2D eigenvalue weighted by Crippen LogP contribution is -2.51. The summed E-state index contributed by atoms with van der Waals surface area (Å²) in [4.78, 5) is 36.1. The standard InChI is InChI=1S/C36H38N6O3S/c1-45-31-14-26(36(44)41-19-24-8-9-29(41)32(24)37)12-27-33(31)42(18-22-15-39(16-22)35(43)25-10-11-46-20-25)34(38-27)30-13-23-4-2-3-5-28(23)40(30)17-21-6-7-21/h2-5,10-14,20-22,24,29,32H,6-9,15-19,37H2,1H3. The minimum absolute atomic E-state index is 0.00312. The maximum atomic E-state index is 13.9. The molecule has 2 N–H and O–H groups in total. The van der Waals surface area contributed by atoms with Crippen molar-refractivity contribution < 1.29 is 14.3 Å². The summed E-state index contributed by atoms with van der Waals surface area (Å²) in [6.45, 7) is 3.74. The van der Waals surface area contributed by atoms with Gasteiger partial charge in [0.25, 0.3) is 11.8 Å². The summed E-state index contributed by atoms with van der Waals surface area (Å²) in [6, 6.07) is 16.7. The molecule has 0 radical (unpaired) electrons. The first-order valence-electron chi connectivity index (χ1n) is 16.5. The van der Waals surface area contributed by atoms with Crippen LogP contribution in [-0.4, -0.2) is 74.6 Å². The van der Waals surface area contributed by atoms with Gasteiger partial charge in [0.2, 0.25) is 0 Å². The van der Waals surface area contributed by atoms with Gasteiger partial charge < -0.3 is 29.4 Å². The number of nitrogens with two attached hydrogens (primary N) is 1. The summed E-state index contributed by atoms with van der Waals surface area (Å²) in [6.07, 6.45) is 4.56. The van der Waals surface area contributed by atoms with Crippen LogP contribution in [0, 0.1) is 17.8 Å². The second-order valence-corrected chi connectivity index (χ2v) is 14.5. The molecule has 0 spiro atoms. The molecule has 5 heterocycles. The number of para-hydroxylation sites is 1. The first kappa shape index (κ1) is 28.1. The van der Waals surface area contributed by atoms with Crippen LogP contribution in [0.25, 0.3) is 33.5 Å². The summed E-state index contributed by atoms with van der Waals surface area (Å²) in [5.41, 5.74) is 11.7. The number of thiophene rings is 1. The molecule has 5 aromatic rings. The molecule has 2 aliphatic carbocycles. The number of aromatic nitrogens is 3. The van der Waals surface area contributed by atoms with Gasteiger partial charge in [0, 0.05) is 72.6 Å². The van der Waals surface area contributed by atoms with E-state index in [1.165, 1.54) is 23.7 Å². The Kier molecular flexibility index (Phi) is 6.54. The average molecular weight is 635 g/mol. The van der Waals surface area contributed by atoms with Crippen LogP contribution in [0.3, 0.4) is 0 Å². The Morgan fingerprint density at radius 3 is 2.48 bits per heavy atom. The molecule has 9 rings (SSSR count). The Morgan fingerprint density at radius 1 is 0.935 bits per heavy atom. The minimum atomic E-state index is 0.00312. The third-order valence-electron chi connectivity index (χ3n) is 10.8. The molecule has 236 valence electrons. The van der Waals surface area contributed by atoms with Crippen molar-refractivity contribution >= 4 is 45.1 Å². The lowest BCUT2D eigenvalue weighted by Gasteiger charge is -2.39. The molecule has 2 aliphatic heterocycles. The Balaban J connectivity index is 1.13. The van der Waals surface area contributed by atoms with Crippen LogP contribution in [-0.2, 0) is 13.1 Å². The van der Waals surface area contributed by atoms with Crippen LogP contribution < -0.4 is 10.5 Å². The zero-order chi connectivity index (χ0) is 31.1. The number of rotatable bonds is 8. The first-order valence-corrected chi connectivity index (χ1v) is 17.5. The molecule has 9 nitrogen and oxygen atoms in total. The van der Waals surface area contributed by atoms with Gasteiger partial charge in [-0.1, -0.05) is 18.2 Å². The van der Waals surface area contributed by atoms with E-state index in [9.17, 15) is 9.59 Å². The molecule has 46 heavy (non-hydrogen) atoms. The van der Waals surface area contributed by atoms with Crippen LogP contribution in [0.5, 0.6) is 5.75 Å². The van der Waals surface area contributed by atoms with E-state index in [0.29, 0.717) is 49.3 Å². The number of hydrogen-bond acceptors (Lipinski definition) is 6. The van der Waals surface area contributed by atoms with Gasteiger partial charge in [0.15, 0.2) is 5.82 Å². The highest BCUT2D eigenvalue weighted by atomic mass is 32.1. The number of hydrogen-bond donors (Lipinski definition) is 1. The van der Waals surface area contributed by atoms with Crippen LogP contribution in [0.1, 0.15) is 46.4 Å². The van der Waals surface area contributed by atoms with Crippen LogP contribution >= 0.6 is 11.3 Å². The summed E-state index contributed by atoms with van der Waals surface area (Å²) in [7, 11) is 1.67. The number of ether oxygens (including phenoxy) is 1. The van der Waals surface area contributed by atoms with Gasteiger partial charge in [-0.2, -0.15) is 11.3 Å². The smallest absolute Gasteiger partial charge is 0.254 e. The van der Waals surface area contributed by atoms with Gasteiger partial charge >= 0.3 is 0 Å². The second kappa shape index (κ2) is 10.7. The van der Waals surface area contributed by atoms with Gasteiger partial charge in [0.1, 0.15) is 11.3 Å². The van der Waals surface area contributed by atoms with E-state index in [0.717, 1.165) is 47.5 Å². The van der Waals surface area contributed by atoms with Crippen molar-refractivity contribution in [3.05, 3.63) is 70.4 Å². The number of imidazole rings is 1. The number of carbonyl (C=O) groups is 2. The van der Waals surface area contributed by atoms with Gasteiger partial charge in [-0.15, -0.1) is 0 Å². The Labute approximate surface area is 271 Å². The molecule has 2 aromatic carbocycles. The lowest BCUT2D eigenvalue weighted by molar-refractivity contribution is 0.0472. The highest BCUT2D eigenvalue weighted by molar-refractivity contribution is 7.08. The number of amides is 2. The largest absolute Gasteiger partial charge is 0.494 e. The number of piperidine rings is 1. The number of carbonyl (C=O) groups excluding carboxylic acids is 2. The average Bonchev–Trinajstić information content (AvgIpc) is 3.44. The van der Waals surface area contributed by atoms with E-state index in [1.807, 2.05) is 38.8 Å². The number of fused-ring (bicyclic) bond motifs is 4. The number of benzene rings is 2. The van der Waals surface area contributed by atoms with Crippen molar-refractivity contribution in [3.8, 4) is 17.3 Å². The predicted molar refractivity (Wildman–Crippen MR) is 179 cm³/mol. The van der Waals surface area contributed by atoms with Crippen molar-refractivity contribution in [1.82, 2.24) is 23.9 Å². The number of methoxy groups -OCH3 is 1. The van der Waals surface area contributed by atoms with Crippen molar-refractivity contribution in [1.29, 1.82) is 0 Å². The lowest BCUT2D eigenvalue weighted by atomic mass is 9.98. The van der Waals surface area contributed by atoms with E-state index in [1.54, 1.807) is 18.4 Å². The summed E-state index contributed by atoms with van der Waals surface area (Å²) in [5, 5.41) is 5.06. The summed E-state index contributed by atoms with van der Waals surface area (Å²) in [5.74, 6) is 2.94. The summed E-state index contributed by atoms with van der Waals surface area (Å²) >= 11 is 1.55. The summed E-state index contributed by atoms with van der Waals surface area (Å²) < 4.78 is 10.7. The van der Waals surface area contributed by atoms with Crippen LogP contribution in [0.2, 0.25) is 0 Å². The molecular formula is C36H38N6O3S. The molecule has 10 heteroatoms. The maximum Gasteiger partial charge on any atom is 0.254 e. The van der Waals surface area contributed by atoms with E-state index in [4.69, 9.17) is 15.5 Å². The number of likely N-dealkylation sites (tertiary alicyclic amines) is 2. The van der Waals surface area contributed by atoms with Gasteiger partial charge in [-0.05, 0) is 73.2 Å². The van der Waals surface area contributed by atoms with Gasteiger partial charge in [0.05, 0.1) is 23.9 Å².